The van der Waals surface area contributed by atoms with Gasteiger partial charge >= 0.3 is 0 Å². The number of fused-ring (bicyclic) bond motifs is 2. The summed E-state index contributed by atoms with van der Waals surface area (Å²) >= 11 is 0. The van der Waals surface area contributed by atoms with Crippen LogP contribution in [0.5, 0.6) is 5.75 Å². The largest absolute Gasteiger partial charge is 0.505 e. The Morgan fingerprint density at radius 2 is 1.06 bits per heavy atom. The normalized spacial score (nSPS) is 13.1. The molecular formula is C20H14N2O10S3. The molecule has 0 aliphatic heterocycles. The molecule has 35 heavy (non-hydrogen) atoms. The van der Waals surface area contributed by atoms with Crippen LogP contribution in [0.15, 0.2) is 85.6 Å². The Kier molecular flexibility index (Phi) is 5.87. The molecular weight excluding hydrogens is 524 g/mol. The van der Waals surface area contributed by atoms with Crippen molar-refractivity contribution in [1.82, 2.24) is 0 Å². The van der Waals surface area contributed by atoms with Crippen LogP contribution in [0.25, 0.3) is 21.5 Å². The first kappa shape index (κ1) is 24.6. The van der Waals surface area contributed by atoms with E-state index in [1.54, 1.807) is 0 Å². The van der Waals surface area contributed by atoms with Crippen molar-refractivity contribution in [3.8, 4) is 5.75 Å². The lowest BCUT2D eigenvalue weighted by molar-refractivity contribution is 0.461. The molecule has 12 nitrogen and oxygen atoms in total. The van der Waals surface area contributed by atoms with Gasteiger partial charge in [-0.05, 0) is 12.1 Å². The summed E-state index contributed by atoms with van der Waals surface area (Å²) in [5.74, 6) is -0.858. The van der Waals surface area contributed by atoms with E-state index in [9.17, 15) is 44.0 Å². The summed E-state index contributed by atoms with van der Waals surface area (Å²) in [6.07, 6.45) is 0. The maximum absolute atomic E-state index is 12.2. The highest BCUT2D eigenvalue weighted by molar-refractivity contribution is 7.89. The van der Waals surface area contributed by atoms with Crippen LogP contribution in [0.1, 0.15) is 0 Å². The van der Waals surface area contributed by atoms with E-state index in [0.717, 1.165) is 18.2 Å². The number of hydrogen-bond donors (Lipinski definition) is 4. The minimum Gasteiger partial charge on any atom is -0.505 e. The lowest BCUT2D eigenvalue weighted by atomic mass is 10.1. The molecule has 4 rings (SSSR count). The molecule has 0 unspecified atom stereocenters. The average Bonchev–Trinajstić information content (AvgIpc) is 2.75. The second-order valence-corrected chi connectivity index (χ2v) is 11.3. The smallest absolute Gasteiger partial charge is 0.298 e. The zero-order valence-corrected chi connectivity index (χ0v) is 19.6. The monoisotopic (exact) mass is 538 g/mol. The Morgan fingerprint density at radius 1 is 0.543 bits per heavy atom. The van der Waals surface area contributed by atoms with E-state index in [0.29, 0.717) is 0 Å². The van der Waals surface area contributed by atoms with E-state index in [-0.39, 0.29) is 21.8 Å². The van der Waals surface area contributed by atoms with Crippen molar-refractivity contribution in [2.75, 3.05) is 0 Å². The highest BCUT2D eigenvalue weighted by Gasteiger charge is 2.33. The molecule has 0 fully saturated rings. The van der Waals surface area contributed by atoms with Gasteiger partial charge in [0.1, 0.15) is 14.7 Å². The Labute approximate surface area is 198 Å². The quantitative estimate of drug-likeness (QED) is 0.213. The van der Waals surface area contributed by atoms with Gasteiger partial charge in [0, 0.05) is 21.5 Å². The molecule has 182 valence electrons. The topological polar surface area (TPSA) is 208 Å². The molecule has 0 aliphatic carbocycles. The van der Waals surface area contributed by atoms with Gasteiger partial charge in [0.05, 0.1) is 5.69 Å². The predicted molar refractivity (Wildman–Crippen MR) is 123 cm³/mol. The minimum absolute atomic E-state index is 0.0443. The molecule has 4 N–H and O–H groups in total. The van der Waals surface area contributed by atoms with Crippen LogP contribution in [-0.2, 0) is 30.4 Å². The van der Waals surface area contributed by atoms with Crippen molar-refractivity contribution in [3.05, 3.63) is 60.7 Å². The van der Waals surface area contributed by atoms with Crippen LogP contribution in [0.3, 0.4) is 0 Å². The first-order chi connectivity index (χ1) is 16.2. The average molecular weight is 539 g/mol. The van der Waals surface area contributed by atoms with Crippen molar-refractivity contribution in [1.29, 1.82) is 0 Å². The maximum atomic E-state index is 12.2. The zero-order valence-electron chi connectivity index (χ0n) is 17.1. The molecule has 0 aromatic heterocycles. The molecule has 0 radical (unpaired) electrons. The van der Waals surface area contributed by atoms with Gasteiger partial charge < -0.3 is 5.11 Å². The van der Waals surface area contributed by atoms with Gasteiger partial charge in [-0.1, -0.05) is 48.5 Å². The molecule has 4 aromatic carbocycles. The van der Waals surface area contributed by atoms with Crippen molar-refractivity contribution >= 4 is 63.3 Å². The van der Waals surface area contributed by atoms with Crippen molar-refractivity contribution in [2.24, 2.45) is 10.2 Å². The van der Waals surface area contributed by atoms with E-state index in [4.69, 9.17) is 0 Å². The van der Waals surface area contributed by atoms with Gasteiger partial charge in [0.15, 0.2) is 11.4 Å². The molecule has 0 aliphatic rings. The number of phenolic OH excluding ortho intramolecular Hbond substituents is 1. The van der Waals surface area contributed by atoms with Crippen molar-refractivity contribution in [3.63, 3.8) is 0 Å². The second kappa shape index (κ2) is 8.33. The van der Waals surface area contributed by atoms with Crippen LogP contribution < -0.4 is 0 Å². The van der Waals surface area contributed by atoms with E-state index in [1.165, 1.54) is 42.5 Å². The first-order valence-corrected chi connectivity index (χ1v) is 13.7. The predicted octanol–water partition coefficient (Wildman–Crippen LogP) is 3.85. The first-order valence-electron chi connectivity index (χ1n) is 9.35. The number of rotatable bonds is 5. The summed E-state index contributed by atoms with van der Waals surface area (Å²) in [5.41, 5.74) is -1.04. The highest BCUT2D eigenvalue weighted by atomic mass is 32.2. The molecule has 0 saturated heterocycles. The van der Waals surface area contributed by atoms with Crippen LogP contribution in [-0.4, -0.2) is 44.0 Å². The molecule has 0 spiro atoms. The summed E-state index contributed by atoms with van der Waals surface area (Å²) in [7, 11) is -15.3. The summed E-state index contributed by atoms with van der Waals surface area (Å²) in [4.78, 5) is -3.05. The Balaban J connectivity index is 2.09. The lowest BCUT2D eigenvalue weighted by Gasteiger charge is -2.13. The Hall–Kier alpha value is -3.47. The lowest BCUT2D eigenvalue weighted by Crippen LogP contribution is -2.10. The Bertz CT molecular complexity index is 1880. The van der Waals surface area contributed by atoms with Crippen molar-refractivity contribution < 1.29 is 44.0 Å². The number of azo groups is 1. The van der Waals surface area contributed by atoms with Gasteiger partial charge in [-0.2, -0.15) is 25.3 Å². The zero-order chi connectivity index (χ0) is 25.8. The fourth-order valence-corrected chi connectivity index (χ4v) is 6.45. The van der Waals surface area contributed by atoms with E-state index < -0.39 is 61.9 Å². The van der Waals surface area contributed by atoms with Gasteiger partial charge in [-0.15, -0.1) is 10.2 Å². The number of benzene rings is 4. The van der Waals surface area contributed by atoms with Gasteiger partial charge in [0.2, 0.25) is 0 Å². The third-order valence-electron chi connectivity index (χ3n) is 4.99. The summed E-state index contributed by atoms with van der Waals surface area (Å²) in [6, 6.07) is 13.0. The number of aromatic hydroxyl groups is 1. The molecule has 0 bridgehead atoms. The van der Waals surface area contributed by atoms with E-state index >= 15 is 0 Å². The SMILES string of the molecule is O=S(=O)(O)c1c(N=Nc2ccc(S(=O)(=O)O)c3ccccc23)c(O)c2ccccc2c1S(=O)(=O)O. The number of hydrogen-bond acceptors (Lipinski definition) is 9. The fourth-order valence-electron chi connectivity index (χ4n) is 3.61. The Morgan fingerprint density at radius 3 is 1.60 bits per heavy atom. The van der Waals surface area contributed by atoms with Crippen LogP contribution >= 0.6 is 0 Å². The number of nitrogens with zero attached hydrogens (tertiary/aromatic N) is 2. The highest BCUT2D eigenvalue weighted by Crippen LogP contribution is 2.46. The summed E-state index contributed by atoms with van der Waals surface area (Å²) < 4.78 is 101. The van der Waals surface area contributed by atoms with Crippen molar-refractivity contribution in [2.45, 2.75) is 14.7 Å². The standard InChI is InChI=1S/C20H14N2O10S3/c23-18-13-7-3-4-8-14(13)19(34(27,28)29)20(35(30,31)32)17(18)22-21-15-9-10-16(33(24,25)26)12-6-2-1-5-11(12)15/h1-10,23H,(H,24,25,26)(H,27,28,29)(H,30,31,32). The number of phenols is 1. The van der Waals surface area contributed by atoms with Crippen LogP contribution in [0.2, 0.25) is 0 Å². The van der Waals surface area contributed by atoms with E-state index in [1.807, 2.05) is 0 Å². The third kappa shape index (κ3) is 4.47. The van der Waals surface area contributed by atoms with Gasteiger partial charge in [-0.3, -0.25) is 13.7 Å². The minimum atomic E-state index is -5.40. The van der Waals surface area contributed by atoms with Gasteiger partial charge in [-0.25, -0.2) is 0 Å². The molecule has 0 amide bonds. The van der Waals surface area contributed by atoms with Crippen LogP contribution in [0.4, 0.5) is 11.4 Å². The third-order valence-corrected chi connectivity index (χ3v) is 7.88. The molecule has 0 saturated carbocycles. The maximum Gasteiger partial charge on any atom is 0.298 e. The molecule has 0 heterocycles. The summed E-state index contributed by atoms with van der Waals surface area (Å²) in [5, 5.41) is 17.8. The molecule has 4 aromatic rings. The van der Waals surface area contributed by atoms with Gasteiger partial charge in [0.25, 0.3) is 30.4 Å². The van der Waals surface area contributed by atoms with E-state index in [2.05, 4.69) is 10.2 Å². The van der Waals surface area contributed by atoms with Crippen LogP contribution in [0, 0.1) is 0 Å². The molecule has 15 heteroatoms. The fraction of sp³-hybridized carbons (Fsp3) is 0. The summed E-state index contributed by atoms with van der Waals surface area (Å²) in [6.45, 7) is 0. The molecule has 0 atom stereocenters. The second-order valence-electron chi connectivity index (χ2n) is 7.15.